The Balaban J connectivity index is 2.25. The van der Waals surface area contributed by atoms with Crippen molar-refractivity contribution in [2.75, 3.05) is 13.2 Å². The largest absolute Gasteiger partial charge is 0.396 e. The summed E-state index contributed by atoms with van der Waals surface area (Å²) >= 11 is 1.28. The predicted octanol–water partition coefficient (Wildman–Crippen LogP) is 2.09. The van der Waals surface area contributed by atoms with E-state index in [1.807, 2.05) is 0 Å². The van der Waals surface area contributed by atoms with Gasteiger partial charge in [0.05, 0.1) is 0 Å². The molecule has 108 valence electrons. The van der Waals surface area contributed by atoms with Gasteiger partial charge in [0.15, 0.2) is 0 Å². The Morgan fingerprint density at radius 3 is 2.84 bits per heavy atom. The molecule has 0 bridgehead atoms. The summed E-state index contributed by atoms with van der Waals surface area (Å²) in [5.41, 5.74) is 0. The van der Waals surface area contributed by atoms with Crippen LogP contribution in [0.3, 0.4) is 0 Å². The van der Waals surface area contributed by atoms with Gasteiger partial charge in [-0.15, -0.1) is 11.3 Å². The molecule has 0 saturated carbocycles. The van der Waals surface area contributed by atoms with Gasteiger partial charge in [-0.3, -0.25) is 0 Å². The Morgan fingerprint density at radius 1 is 1.47 bits per heavy atom. The van der Waals surface area contributed by atoms with Crippen LogP contribution >= 0.6 is 11.3 Å². The van der Waals surface area contributed by atoms with Gasteiger partial charge in [0, 0.05) is 30.5 Å². The molecule has 4 nitrogen and oxygen atoms in total. The predicted molar refractivity (Wildman–Crippen MR) is 76.9 cm³/mol. The molecule has 1 N–H and O–H groups in total. The summed E-state index contributed by atoms with van der Waals surface area (Å²) in [6.45, 7) is 4.82. The summed E-state index contributed by atoms with van der Waals surface area (Å²) in [6.07, 6.45) is 2.41. The van der Waals surface area contributed by atoms with Crippen molar-refractivity contribution >= 4 is 21.4 Å². The van der Waals surface area contributed by atoms with Gasteiger partial charge < -0.3 is 5.11 Å². The van der Waals surface area contributed by atoms with Crippen LogP contribution in [0.1, 0.15) is 31.6 Å². The number of hydrogen-bond donors (Lipinski definition) is 1. The molecular weight excluding hydrogens is 282 g/mol. The molecule has 2 heterocycles. The van der Waals surface area contributed by atoms with Crippen LogP contribution in [0.15, 0.2) is 16.3 Å². The second-order valence-electron chi connectivity index (χ2n) is 5.26. The Labute approximate surface area is 119 Å². The highest BCUT2D eigenvalue weighted by molar-refractivity contribution is 7.91. The van der Waals surface area contributed by atoms with E-state index in [-0.39, 0.29) is 12.6 Å². The second kappa shape index (κ2) is 5.91. The maximum Gasteiger partial charge on any atom is 0.252 e. The van der Waals surface area contributed by atoms with Gasteiger partial charge in [0.25, 0.3) is 10.0 Å². The Hall–Kier alpha value is -0.430. The van der Waals surface area contributed by atoms with Crippen molar-refractivity contribution in [2.45, 2.75) is 43.4 Å². The number of nitrogens with zero attached hydrogens (tertiary/aromatic N) is 1. The number of rotatable bonds is 5. The molecule has 6 heteroatoms. The normalized spacial score (nSPS) is 21.4. The molecule has 0 amide bonds. The minimum atomic E-state index is -3.36. The maximum absolute atomic E-state index is 12.6. The first-order chi connectivity index (χ1) is 8.96. The van der Waals surface area contributed by atoms with Crippen LogP contribution in [-0.4, -0.2) is 37.0 Å². The van der Waals surface area contributed by atoms with E-state index in [0.29, 0.717) is 23.1 Å². The number of aliphatic hydroxyl groups is 1. The monoisotopic (exact) mass is 303 g/mol. The maximum atomic E-state index is 12.6. The van der Waals surface area contributed by atoms with Crippen molar-refractivity contribution in [3.63, 3.8) is 0 Å². The fraction of sp³-hybridized carbons (Fsp3) is 0.692. The van der Waals surface area contributed by atoms with Crippen LogP contribution in [0.4, 0.5) is 0 Å². The minimum Gasteiger partial charge on any atom is -0.396 e. The fourth-order valence-corrected chi connectivity index (χ4v) is 5.89. The zero-order chi connectivity index (χ0) is 14.0. The van der Waals surface area contributed by atoms with Gasteiger partial charge in [-0.2, -0.15) is 4.31 Å². The van der Waals surface area contributed by atoms with E-state index in [9.17, 15) is 8.42 Å². The first kappa shape index (κ1) is 15.0. The molecule has 1 saturated heterocycles. The first-order valence-corrected chi connectivity index (χ1v) is 8.94. The Kier molecular flexibility index (Phi) is 4.66. The molecule has 0 radical (unpaired) electrons. The first-order valence-electron chi connectivity index (χ1n) is 6.68. The molecule has 0 spiro atoms. The van der Waals surface area contributed by atoms with Gasteiger partial charge in [0.2, 0.25) is 0 Å². The summed E-state index contributed by atoms with van der Waals surface area (Å²) in [4.78, 5) is 0.918. The topological polar surface area (TPSA) is 57.6 Å². The molecule has 1 aromatic heterocycles. The quantitative estimate of drug-likeness (QED) is 0.906. The lowest BCUT2D eigenvalue weighted by molar-refractivity contribution is 0.300. The molecular formula is C13H21NO3S2. The van der Waals surface area contributed by atoms with Crippen LogP contribution in [0, 0.1) is 5.92 Å². The highest BCUT2D eigenvalue weighted by atomic mass is 32.2. The van der Waals surface area contributed by atoms with Crippen LogP contribution in [0.2, 0.25) is 0 Å². The van der Waals surface area contributed by atoms with Gasteiger partial charge in [-0.25, -0.2) is 8.42 Å². The van der Waals surface area contributed by atoms with Crippen LogP contribution < -0.4 is 0 Å². The highest BCUT2D eigenvalue weighted by Crippen LogP contribution is 2.33. The minimum absolute atomic E-state index is 0.0539. The van der Waals surface area contributed by atoms with Crippen molar-refractivity contribution in [1.82, 2.24) is 4.31 Å². The molecule has 1 aliphatic rings. The standard InChI is InChI=1S/C13H21NO3S2/c1-10(2)12-4-3-8-14(12)19(16,17)13-6-5-11(18-13)7-9-15/h5-6,10,12,15H,3-4,7-9H2,1-2H3. The zero-order valence-corrected chi connectivity index (χ0v) is 13.0. The third-order valence-electron chi connectivity index (χ3n) is 3.58. The zero-order valence-electron chi connectivity index (χ0n) is 11.4. The van der Waals surface area contributed by atoms with E-state index in [1.54, 1.807) is 16.4 Å². The Bertz CT molecular complexity index is 522. The fourth-order valence-electron chi connectivity index (χ4n) is 2.59. The van der Waals surface area contributed by atoms with Crippen molar-refractivity contribution < 1.29 is 13.5 Å². The molecule has 1 aromatic rings. The molecule has 19 heavy (non-hydrogen) atoms. The summed E-state index contributed by atoms with van der Waals surface area (Å²) in [7, 11) is -3.36. The van der Waals surface area contributed by atoms with Crippen LogP contribution in [-0.2, 0) is 16.4 Å². The van der Waals surface area contributed by atoms with E-state index in [1.165, 1.54) is 11.3 Å². The van der Waals surface area contributed by atoms with E-state index in [2.05, 4.69) is 13.8 Å². The van der Waals surface area contributed by atoms with Crippen LogP contribution in [0.25, 0.3) is 0 Å². The average Bonchev–Trinajstić information content (AvgIpc) is 2.97. The van der Waals surface area contributed by atoms with Crippen molar-refractivity contribution in [3.05, 3.63) is 17.0 Å². The van der Waals surface area contributed by atoms with E-state index >= 15 is 0 Å². The highest BCUT2D eigenvalue weighted by Gasteiger charge is 2.37. The summed E-state index contributed by atoms with van der Waals surface area (Å²) in [5.74, 6) is 0.342. The Morgan fingerprint density at radius 2 is 2.21 bits per heavy atom. The molecule has 1 atom stereocenters. The molecule has 1 aliphatic heterocycles. The molecule has 0 aliphatic carbocycles. The summed E-state index contributed by atoms with van der Waals surface area (Å²) in [5, 5.41) is 8.90. The number of sulfonamides is 1. The van der Waals surface area contributed by atoms with E-state index in [0.717, 1.165) is 17.7 Å². The summed E-state index contributed by atoms with van der Waals surface area (Å²) < 4.78 is 27.3. The smallest absolute Gasteiger partial charge is 0.252 e. The van der Waals surface area contributed by atoms with E-state index < -0.39 is 10.0 Å². The molecule has 1 fully saturated rings. The van der Waals surface area contributed by atoms with Crippen molar-refractivity contribution in [2.24, 2.45) is 5.92 Å². The molecule has 1 unspecified atom stereocenters. The molecule has 2 rings (SSSR count). The lowest BCUT2D eigenvalue weighted by atomic mass is 10.0. The SMILES string of the molecule is CC(C)C1CCCN1S(=O)(=O)c1ccc(CCO)s1. The number of hydrogen-bond acceptors (Lipinski definition) is 4. The van der Waals surface area contributed by atoms with Crippen molar-refractivity contribution in [1.29, 1.82) is 0 Å². The lowest BCUT2D eigenvalue weighted by Crippen LogP contribution is -2.38. The number of aliphatic hydroxyl groups excluding tert-OH is 1. The lowest BCUT2D eigenvalue weighted by Gasteiger charge is -2.26. The van der Waals surface area contributed by atoms with Crippen molar-refractivity contribution in [3.8, 4) is 0 Å². The second-order valence-corrected chi connectivity index (χ2v) is 8.55. The van der Waals surface area contributed by atoms with Crippen LogP contribution in [0.5, 0.6) is 0 Å². The number of thiophene rings is 1. The molecule has 0 aromatic carbocycles. The van der Waals surface area contributed by atoms with Gasteiger partial charge in [0.1, 0.15) is 4.21 Å². The average molecular weight is 303 g/mol. The van der Waals surface area contributed by atoms with E-state index in [4.69, 9.17) is 5.11 Å². The third-order valence-corrected chi connectivity index (χ3v) is 7.11. The van der Waals surface area contributed by atoms with Gasteiger partial charge >= 0.3 is 0 Å². The summed E-state index contributed by atoms with van der Waals surface area (Å²) in [6, 6.07) is 3.59. The van der Waals surface area contributed by atoms with Gasteiger partial charge in [-0.05, 0) is 30.9 Å². The van der Waals surface area contributed by atoms with Gasteiger partial charge in [-0.1, -0.05) is 13.8 Å². The third kappa shape index (κ3) is 3.02.